The number of hydrogen-bond donors (Lipinski definition) is 2. The normalized spacial score (nSPS) is 10.8. The number of nitrogens with zero attached hydrogens (tertiary/aromatic N) is 1. The Labute approximate surface area is 168 Å². The van der Waals surface area contributed by atoms with Crippen molar-refractivity contribution in [3.8, 4) is 0 Å². The maximum Gasteiger partial charge on any atom is 0.250 e. The molecule has 2 N–H and O–H groups in total. The van der Waals surface area contributed by atoms with E-state index in [9.17, 15) is 9.59 Å². The molecular formula is C22H21N3O2S. The van der Waals surface area contributed by atoms with Crippen LogP contribution in [0.25, 0.3) is 6.08 Å². The predicted molar refractivity (Wildman–Crippen MR) is 114 cm³/mol. The molecule has 0 saturated heterocycles. The molecule has 1 aromatic heterocycles. The third-order valence-electron chi connectivity index (χ3n) is 4.23. The zero-order valence-corrected chi connectivity index (χ0v) is 16.5. The number of anilines is 2. The molecule has 1 heterocycles. The van der Waals surface area contributed by atoms with Crippen molar-refractivity contribution >= 4 is 40.0 Å². The second-order valence-corrected chi connectivity index (χ2v) is 7.21. The standard InChI is InChI=1S/C22H21N3O2S/c1-15-7-6-10-19(16(15)2)24-21(27)13-18-14-28-22(23-18)25-20(26)12-11-17-8-4-3-5-9-17/h3-12,14H,13H2,1-2H3,(H,24,27)(H,23,25,26)/b12-11+. The molecule has 0 spiro atoms. The van der Waals surface area contributed by atoms with Crippen LogP contribution in [-0.4, -0.2) is 16.8 Å². The molecule has 28 heavy (non-hydrogen) atoms. The molecule has 0 aliphatic heterocycles. The van der Waals surface area contributed by atoms with Gasteiger partial charge in [0.1, 0.15) is 0 Å². The highest BCUT2D eigenvalue weighted by Crippen LogP contribution is 2.19. The van der Waals surface area contributed by atoms with Gasteiger partial charge in [0.25, 0.3) is 0 Å². The average molecular weight is 391 g/mol. The van der Waals surface area contributed by atoms with E-state index >= 15 is 0 Å². The molecule has 6 heteroatoms. The van der Waals surface area contributed by atoms with Crippen molar-refractivity contribution in [2.45, 2.75) is 20.3 Å². The van der Waals surface area contributed by atoms with Gasteiger partial charge in [-0.2, -0.15) is 0 Å². The van der Waals surface area contributed by atoms with Crippen LogP contribution in [0.3, 0.4) is 0 Å². The van der Waals surface area contributed by atoms with Crippen molar-refractivity contribution in [1.29, 1.82) is 0 Å². The highest BCUT2D eigenvalue weighted by atomic mass is 32.1. The third-order valence-corrected chi connectivity index (χ3v) is 5.04. The van der Waals surface area contributed by atoms with Crippen LogP contribution in [0.2, 0.25) is 0 Å². The van der Waals surface area contributed by atoms with Gasteiger partial charge in [-0.05, 0) is 42.7 Å². The minimum absolute atomic E-state index is 0.138. The number of amides is 2. The Hall–Kier alpha value is -3.25. The van der Waals surface area contributed by atoms with Gasteiger partial charge < -0.3 is 5.32 Å². The van der Waals surface area contributed by atoms with Crippen LogP contribution in [0.4, 0.5) is 10.8 Å². The van der Waals surface area contributed by atoms with E-state index in [1.165, 1.54) is 17.4 Å². The monoisotopic (exact) mass is 391 g/mol. The summed E-state index contributed by atoms with van der Waals surface area (Å²) >= 11 is 1.30. The van der Waals surface area contributed by atoms with Crippen LogP contribution in [0.15, 0.2) is 60.0 Å². The summed E-state index contributed by atoms with van der Waals surface area (Å²) in [6.45, 7) is 3.98. The highest BCUT2D eigenvalue weighted by Gasteiger charge is 2.10. The van der Waals surface area contributed by atoms with Crippen molar-refractivity contribution in [3.05, 3.63) is 82.4 Å². The minimum Gasteiger partial charge on any atom is -0.325 e. The SMILES string of the molecule is Cc1cccc(NC(=O)Cc2csc(NC(=O)/C=C/c3ccccc3)n2)c1C. The molecule has 0 unspecified atom stereocenters. The largest absolute Gasteiger partial charge is 0.325 e. The Bertz CT molecular complexity index is 1010. The van der Waals surface area contributed by atoms with Crippen molar-refractivity contribution in [1.82, 2.24) is 4.98 Å². The molecule has 0 aliphatic rings. The lowest BCUT2D eigenvalue weighted by Gasteiger charge is -2.09. The maximum absolute atomic E-state index is 12.3. The molecule has 3 aromatic rings. The van der Waals surface area contributed by atoms with E-state index in [2.05, 4.69) is 15.6 Å². The van der Waals surface area contributed by atoms with Gasteiger partial charge in [-0.3, -0.25) is 14.9 Å². The Morgan fingerprint density at radius 2 is 1.82 bits per heavy atom. The number of carbonyl (C=O) groups excluding carboxylic acids is 2. The second-order valence-electron chi connectivity index (χ2n) is 6.35. The summed E-state index contributed by atoms with van der Waals surface area (Å²) in [5, 5.41) is 7.88. The van der Waals surface area contributed by atoms with E-state index in [1.807, 2.05) is 62.4 Å². The molecule has 3 rings (SSSR count). The summed E-state index contributed by atoms with van der Waals surface area (Å²) in [6.07, 6.45) is 3.35. The van der Waals surface area contributed by atoms with Crippen molar-refractivity contribution < 1.29 is 9.59 Å². The minimum atomic E-state index is -0.260. The van der Waals surface area contributed by atoms with Crippen LogP contribution in [-0.2, 0) is 16.0 Å². The van der Waals surface area contributed by atoms with Crippen LogP contribution < -0.4 is 10.6 Å². The molecule has 0 atom stereocenters. The smallest absolute Gasteiger partial charge is 0.250 e. The number of carbonyl (C=O) groups is 2. The molecule has 0 radical (unpaired) electrons. The highest BCUT2D eigenvalue weighted by molar-refractivity contribution is 7.14. The lowest BCUT2D eigenvalue weighted by atomic mass is 10.1. The van der Waals surface area contributed by atoms with Crippen LogP contribution >= 0.6 is 11.3 Å². The molecule has 142 valence electrons. The fourth-order valence-corrected chi connectivity index (χ4v) is 3.29. The van der Waals surface area contributed by atoms with Gasteiger partial charge in [-0.15, -0.1) is 11.3 Å². The van der Waals surface area contributed by atoms with Crippen LogP contribution in [0.5, 0.6) is 0 Å². The number of aromatic nitrogens is 1. The first kappa shape index (κ1) is 19.5. The number of rotatable bonds is 6. The number of hydrogen-bond acceptors (Lipinski definition) is 4. The molecule has 0 fully saturated rings. The molecule has 2 amide bonds. The van der Waals surface area contributed by atoms with E-state index < -0.39 is 0 Å². The van der Waals surface area contributed by atoms with Crippen LogP contribution in [0.1, 0.15) is 22.4 Å². The number of benzene rings is 2. The van der Waals surface area contributed by atoms with E-state index in [4.69, 9.17) is 0 Å². The number of thiazole rings is 1. The zero-order chi connectivity index (χ0) is 19.9. The molecule has 5 nitrogen and oxygen atoms in total. The van der Waals surface area contributed by atoms with Gasteiger partial charge in [0.2, 0.25) is 11.8 Å². The summed E-state index contributed by atoms with van der Waals surface area (Å²) in [7, 11) is 0. The van der Waals surface area contributed by atoms with E-state index in [0.29, 0.717) is 10.8 Å². The summed E-state index contributed by atoms with van der Waals surface area (Å²) in [5.41, 5.74) is 4.54. The summed E-state index contributed by atoms with van der Waals surface area (Å²) < 4.78 is 0. The van der Waals surface area contributed by atoms with E-state index in [-0.39, 0.29) is 18.2 Å². The van der Waals surface area contributed by atoms with Gasteiger partial charge in [-0.25, -0.2) is 4.98 Å². The third kappa shape index (κ3) is 5.37. The predicted octanol–water partition coefficient (Wildman–Crippen LogP) is 4.59. The number of nitrogens with one attached hydrogen (secondary N) is 2. The Balaban J connectivity index is 1.55. The van der Waals surface area contributed by atoms with E-state index in [0.717, 1.165) is 22.4 Å². The summed E-state index contributed by atoms with van der Waals surface area (Å²) in [5.74, 6) is -0.398. The van der Waals surface area contributed by atoms with Gasteiger partial charge in [0.15, 0.2) is 5.13 Å². The van der Waals surface area contributed by atoms with Crippen LogP contribution in [0, 0.1) is 13.8 Å². The molecular weight excluding hydrogens is 370 g/mol. The molecule has 2 aromatic carbocycles. The van der Waals surface area contributed by atoms with Gasteiger partial charge in [0, 0.05) is 17.1 Å². The molecule has 0 aliphatic carbocycles. The number of aryl methyl sites for hydroxylation is 1. The van der Waals surface area contributed by atoms with Gasteiger partial charge >= 0.3 is 0 Å². The van der Waals surface area contributed by atoms with Crippen molar-refractivity contribution in [2.24, 2.45) is 0 Å². The first-order valence-electron chi connectivity index (χ1n) is 8.86. The maximum atomic E-state index is 12.3. The molecule has 0 saturated carbocycles. The quantitative estimate of drug-likeness (QED) is 0.604. The summed E-state index contributed by atoms with van der Waals surface area (Å²) in [6, 6.07) is 15.4. The van der Waals surface area contributed by atoms with Gasteiger partial charge in [-0.1, -0.05) is 42.5 Å². The molecule has 0 bridgehead atoms. The van der Waals surface area contributed by atoms with Gasteiger partial charge in [0.05, 0.1) is 12.1 Å². The Morgan fingerprint density at radius 3 is 2.61 bits per heavy atom. The van der Waals surface area contributed by atoms with Crippen molar-refractivity contribution in [3.63, 3.8) is 0 Å². The fraction of sp³-hybridized carbons (Fsp3) is 0.136. The first-order valence-corrected chi connectivity index (χ1v) is 9.74. The average Bonchev–Trinajstić information content (AvgIpc) is 3.11. The van der Waals surface area contributed by atoms with E-state index in [1.54, 1.807) is 11.5 Å². The fourth-order valence-electron chi connectivity index (χ4n) is 2.57. The first-order chi connectivity index (χ1) is 13.5. The van der Waals surface area contributed by atoms with Crippen molar-refractivity contribution in [2.75, 3.05) is 10.6 Å². The second kappa shape index (κ2) is 9.10. The topological polar surface area (TPSA) is 71.1 Å². The lowest BCUT2D eigenvalue weighted by Crippen LogP contribution is -2.15. The lowest BCUT2D eigenvalue weighted by molar-refractivity contribution is -0.115. The Morgan fingerprint density at radius 1 is 1.04 bits per heavy atom. The zero-order valence-electron chi connectivity index (χ0n) is 15.7. The Kier molecular flexibility index (Phi) is 6.34. The summed E-state index contributed by atoms with van der Waals surface area (Å²) in [4.78, 5) is 28.6.